The highest BCUT2D eigenvalue weighted by atomic mass is 16.6. The van der Waals surface area contributed by atoms with Crippen molar-refractivity contribution >= 4 is 18.0 Å². The van der Waals surface area contributed by atoms with Gasteiger partial charge in [-0.1, -0.05) is 31.4 Å². The Morgan fingerprint density at radius 2 is 2.04 bits per heavy atom. The van der Waals surface area contributed by atoms with Crippen LogP contribution in [0.25, 0.3) is 6.08 Å². The van der Waals surface area contributed by atoms with Crippen LogP contribution in [0.15, 0.2) is 36.4 Å². The Balaban J connectivity index is 2.16. The fourth-order valence-electron chi connectivity index (χ4n) is 2.96. The fraction of sp³-hybridized carbons (Fsp3) is 0.381. The molecule has 1 N–H and O–H groups in total. The molecule has 0 radical (unpaired) electrons. The van der Waals surface area contributed by atoms with E-state index in [1.807, 2.05) is 6.07 Å². The van der Waals surface area contributed by atoms with Gasteiger partial charge in [0.05, 0.1) is 13.0 Å². The summed E-state index contributed by atoms with van der Waals surface area (Å²) in [6, 6.07) is 6.79. The molecule has 1 saturated carbocycles. The highest BCUT2D eigenvalue weighted by Crippen LogP contribution is 2.31. The Morgan fingerprint density at radius 3 is 2.67 bits per heavy atom. The summed E-state index contributed by atoms with van der Waals surface area (Å²) in [5, 5.41) is 11.8. The van der Waals surface area contributed by atoms with Gasteiger partial charge in [-0.25, -0.2) is 0 Å². The molecule has 0 spiro atoms. The third kappa shape index (κ3) is 5.71. The summed E-state index contributed by atoms with van der Waals surface area (Å²) >= 11 is 0. The molecule has 6 nitrogen and oxygen atoms in total. The van der Waals surface area contributed by atoms with Crippen molar-refractivity contribution in [3.63, 3.8) is 0 Å². The summed E-state index contributed by atoms with van der Waals surface area (Å²) < 4.78 is 10.8. The zero-order valence-corrected chi connectivity index (χ0v) is 15.5. The Morgan fingerprint density at radius 1 is 1.30 bits per heavy atom. The first-order chi connectivity index (χ1) is 13.1. The van der Waals surface area contributed by atoms with Gasteiger partial charge in [0.2, 0.25) is 0 Å². The molecule has 1 fully saturated rings. The Bertz CT molecular complexity index is 771. The van der Waals surface area contributed by atoms with Gasteiger partial charge in [-0.15, -0.1) is 6.58 Å². The number of carbonyl (C=O) groups excluding carboxylic acids is 2. The lowest BCUT2D eigenvalue weighted by Gasteiger charge is -2.20. The van der Waals surface area contributed by atoms with Gasteiger partial charge in [0.25, 0.3) is 5.91 Å². The van der Waals surface area contributed by atoms with E-state index >= 15 is 0 Å². The predicted molar refractivity (Wildman–Crippen MR) is 102 cm³/mol. The van der Waals surface area contributed by atoms with Gasteiger partial charge in [0.1, 0.15) is 11.6 Å². The molecule has 6 heteroatoms. The molecule has 0 aliphatic heterocycles. The fourth-order valence-corrected chi connectivity index (χ4v) is 2.96. The average Bonchev–Trinajstić information content (AvgIpc) is 2.71. The molecule has 142 valence electrons. The molecule has 27 heavy (non-hydrogen) atoms. The molecule has 0 heterocycles. The van der Waals surface area contributed by atoms with E-state index in [1.54, 1.807) is 18.2 Å². The summed E-state index contributed by atoms with van der Waals surface area (Å²) in [7, 11) is 1.47. The van der Waals surface area contributed by atoms with E-state index in [-0.39, 0.29) is 24.0 Å². The molecule has 1 aliphatic rings. The molecule has 0 saturated heterocycles. The van der Waals surface area contributed by atoms with Crippen LogP contribution >= 0.6 is 0 Å². The second-order valence-corrected chi connectivity index (χ2v) is 6.33. The van der Waals surface area contributed by atoms with E-state index in [1.165, 1.54) is 19.3 Å². The lowest BCUT2D eigenvalue weighted by atomic mass is 9.89. The van der Waals surface area contributed by atoms with Crippen molar-refractivity contribution in [2.24, 2.45) is 5.92 Å². The highest BCUT2D eigenvalue weighted by Gasteiger charge is 2.24. The maximum absolute atomic E-state index is 12.3. The van der Waals surface area contributed by atoms with Crippen LogP contribution in [-0.4, -0.2) is 25.5 Å². The van der Waals surface area contributed by atoms with Gasteiger partial charge in [-0.2, -0.15) is 5.26 Å². The normalized spacial score (nSPS) is 14.7. The zero-order valence-electron chi connectivity index (χ0n) is 15.5. The van der Waals surface area contributed by atoms with E-state index in [9.17, 15) is 14.9 Å². The van der Waals surface area contributed by atoms with Crippen LogP contribution in [0.3, 0.4) is 0 Å². The number of ether oxygens (including phenoxy) is 2. The number of benzene rings is 1. The summed E-state index contributed by atoms with van der Waals surface area (Å²) in [6.45, 7) is 3.79. The van der Waals surface area contributed by atoms with Gasteiger partial charge in [0.15, 0.2) is 11.5 Å². The van der Waals surface area contributed by atoms with Crippen LogP contribution in [0.1, 0.15) is 37.7 Å². The van der Waals surface area contributed by atoms with Gasteiger partial charge in [-0.3, -0.25) is 9.59 Å². The van der Waals surface area contributed by atoms with E-state index < -0.39 is 5.91 Å². The zero-order chi connectivity index (χ0) is 19.6. The summed E-state index contributed by atoms with van der Waals surface area (Å²) in [6.07, 6.45) is 7.95. The van der Waals surface area contributed by atoms with Crippen LogP contribution in [0.4, 0.5) is 0 Å². The SMILES string of the molecule is C=CCNC(=O)/C(C#N)=C/c1ccc(OC(=O)C2CCCCC2)c(OC)c1. The van der Waals surface area contributed by atoms with Gasteiger partial charge >= 0.3 is 5.97 Å². The molecule has 1 amide bonds. The van der Waals surface area contributed by atoms with Crippen LogP contribution in [0.2, 0.25) is 0 Å². The first-order valence-electron chi connectivity index (χ1n) is 8.99. The second-order valence-electron chi connectivity index (χ2n) is 6.33. The third-order valence-electron chi connectivity index (χ3n) is 4.42. The Hall–Kier alpha value is -3.07. The quantitative estimate of drug-likeness (QED) is 0.262. The molecule has 2 rings (SSSR count). The Kier molecular flexibility index (Phi) is 7.63. The van der Waals surface area contributed by atoms with E-state index in [4.69, 9.17) is 9.47 Å². The maximum atomic E-state index is 12.3. The van der Waals surface area contributed by atoms with Crippen LogP contribution in [-0.2, 0) is 9.59 Å². The van der Waals surface area contributed by atoms with Crippen LogP contribution < -0.4 is 14.8 Å². The summed E-state index contributed by atoms with van der Waals surface area (Å²) in [5.74, 6) is -0.0831. The second kappa shape index (κ2) is 10.2. The number of methoxy groups -OCH3 is 1. The van der Waals surface area contributed by atoms with Gasteiger partial charge in [-0.05, 0) is 36.6 Å². The van der Waals surface area contributed by atoms with Crippen molar-refractivity contribution in [1.29, 1.82) is 5.26 Å². The summed E-state index contributed by atoms with van der Waals surface area (Å²) in [5.41, 5.74) is 0.556. The standard InChI is InChI=1S/C21H24N2O4/c1-3-11-23-20(24)17(14-22)12-15-9-10-18(19(13-15)26-2)27-21(25)16-7-5-4-6-8-16/h3,9-10,12-13,16H,1,4-8,11H2,2H3,(H,23,24)/b17-12+. The lowest BCUT2D eigenvalue weighted by Crippen LogP contribution is -2.24. The van der Waals surface area contributed by atoms with Gasteiger partial charge in [0, 0.05) is 6.54 Å². The molecule has 0 atom stereocenters. The predicted octanol–water partition coefficient (Wildman–Crippen LogP) is 3.39. The molecular weight excluding hydrogens is 344 g/mol. The van der Waals surface area contributed by atoms with E-state index in [2.05, 4.69) is 11.9 Å². The topological polar surface area (TPSA) is 88.4 Å². The highest BCUT2D eigenvalue weighted by molar-refractivity contribution is 6.01. The van der Waals surface area contributed by atoms with Crippen molar-refractivity contribution in [3.8, 4) is 17.6 Å². The number of hydrogen-bond acceptors (Lipinski definition) is 5. The number of carbonyl (C=O) groups is 2. The first-order valence-corrected chi connectivity index (χ1v) is 8.99. The number of amides is 1. The number of nitrogens with zero attached hydrogens (tertiary/aromatic N) is 1. The molecule has 0 aromatic heterocycles. The van der Waals surface area contributed by atoms with Crippen molar-refractivity contribution in [1.82, 2.24) is 5.32 Å². The van der Waals surface area contributed by atoms with E-state index in [0.29, 0.717) is 17.1 Å². The molecule has 0 bridgehead atoms. The number of hydrogen-bond donors (Lipinski definition) is 1. The first kappa shape index (κ1) is 20.2. The Labute approximate surface area is 159 Å². The minimum atomic E-state index is -0.482. The summed E-state index contributed by atoms with van der Waals surface area (Å²) in [4.78, 5) is 24.3. The van der Waals surface area contributed by atoms with Crippen LogP contribution in [0.5, 0.6) is 11.5 Å². The number of esters is 1. The molecule has 1 aromatic rings. The minimum Gasteiger partial charge on any atom is -0.493 e. The maximum Gasteiger partial charge on any atom is 0.314 e. The average molecular weight is 368 g/mol. The van der Waals surface area contributed by atoms with Crippen LogP contribution in [0, 0.1) is 17.2 Å². The monoisotopic (exact) mass is 368 g/mol. The van der Waals surface area contributed by atoms with E-state index in [0.717, 1.165) is 32.1 Å². The van der Waals surface area contributed by atoms with Gasteiger partial charge < -0.3 is 14.8 Å². The molecular formula is C21H24N2O4. The number of nitriles is 1. The minimum absolute atomic E-state index is 0.0362. The van der Waals surface area contributed by atoms with Crippen molar-refractivity contribution in [3.05, 3.63) is 42.0 Å². The van der Waals surface area contributed by atoms with Crippen molar-refractivity contribution in [2.45, 2.75) is 32.1 Å². The smallest absolute Gasteiger partial charge is 0.314 e. The number of nitrogens with one attached hydrogen (secondary N) is 1. The molecule has 1 aliphatic carbocycles. The van der Waals surface area contributed by atoms with Crippen molar-refractivity contribution < 1.29 is 19.1 Å². The van der Waals surface area contributed by atoms with Crippen molar-refractivity contribution in [2.75, 3.05) is 13.7 Å². The lowest BCUT2D eigenvalue weighted by molar-refractivity contribution is -0.140. The number of rotatable bonds is 7. The largest absolute Gasteiger partial charge is 0.493 e. The molecule has 1 aromatic carbocycles. The third-order valence-corrected chi connectivity index (χ3v) is 4.42. The molecule has 0 unspecified atom stereocenters.